The Hall–Kier alpha value is -2.34. The van der Waals surface area contributed by atoms with Crippen molar-refractivity contribution in [1.82, 2.24) is 5.32 Å². The van der Waals surface area contributed by atoms with Gasteiger partial charge in [-0.25, -0.2) is 8.42 Å². The molecule has 5 nitrogen and oxygen atoms in total. The van der Waals surface area contributed by atoms with Gasteiger partial charge in [0.2, 0.25) is 0 Å². The van der Waals surface area contributed by atoms with Crippen LogP contribution in [0.2, 0.25) is 0 Å². The molecule has 138 valence electrons. The number of aryl methyl sites for hydroxylation is 1. The highest BCUT2D eigenvalue weighted by molar-refractivity contribution is 7.91. The predicted molar refractivity (Wildman–Crippen MR) is 103 cm³/mol. The minimum Gasteiger partial charge on any atom is -0.399 e. The Kier molecular flexibility index (Phi) is 5.32. The van der Waals surface area contributed by atoms with Crippen LogP contribution < -0.4 is 11.1 Å². The Morgan fingerprint density at radius 3 is 2.77 bits per heavy atom. The van der Waals surface area contributed by atoms with Gasteiger partial charge < -0.3 is 11.1 Å². The first-order chi connectivity index (χ1) is 12.4. The number of hydrogen-bond acceptors (Lipinski definition) is 4. The van der Waals surface area contributed by atoms with Crippen molar-refractivity contribution < 1.29 is 13.2 Å². The van der Waals surface area contributed by atoms with Gasteiger partial charge in [-0.1, -0.05) is 25.1 Å². The molecule has 0 aromatic heterocycles. The zero-order chi connectivity index (χ0) is 18.7. The number of carbonyl (C=O) groups excluding carboxylic acids is 1. The number of nitrogen functional groups attached to an aromatic ring is 1. The largest absolute Gasteiger partial charge is 0.399 e. The minimum absolute atomic E-state index is 0.0306. The van der Waals surface area contributed by atoms with E-state index in [4.69, 9.17) is 5.73 Å². The molecule has 2 aromatic carbocycles. The quantitative estimate of drug-likeness (QED) is 0.789. The van der Waals surface area contributed by atoms with E-state index in [0.717, 1.165) is 30.4 Å². The Morgan fingerprint density at radius 1 is 1.23 bits per heavy atom. The summed E-state index contributed by atoms with van der Waals surface area (Å²) in [5, 5.41) is 3.02. The molecule has 0 aliphatic heterocycles. The van der Waals surface area contributed by atoms with Crippen molar-refractivity contribution in [2.24, 2.45) is 0 Å². The highest BCUT2D eigenvalue weighted by Crippen LogP contribution is 2.31. The van der Waals surface area contributed by atoms with E-state index < -0.39 is 9.84 Å². The molecule has 26 heavy (non-hydrogen) atoms. The highest BCUT2D eigenvalue weighted by Gasteiger charge is 2.26. The fourth-order valence-corrected chi connectivity index (χ4v) is 5.06. The van der Waals surface area contributed by atoms with Crippen LogP contribution in [-0.4, -0.2) is 20.1 Å². The second-order valence-corrected chi connectivity index (χ2v) is 8.77. The minimum atomic E-state index is -3.47. The van der Waals surface area contributed by atoms with E-state index in [1.54, 1.807) is 18.2 Å². The van der Waals surface area contributed by atoms with Crippen molar-refractivity contribution in [3.8, 4) is 0 Å². The molecule has 1 atom stereocenters. The summed E-state index contributed by atoms with van der Waals surface area (Å²) >= 11 is 0. The van der Waals surface area contributed by atoms with Gasteiger partial charge in [-0.2, -0.15) is 0 Å². The summed E-state index contributed by atoms with van der Waals surface area (Å²) < 4.78 is 25.0. The van der Waals surface area contributed by atoms with E-state index in [1.807, 2.05) is 25.1 Å². The van der Waals surface area contributed by atoms with E-state index in [9.17, 15) is 13.2 Å². The number of rotatable bonds is 5. The van der Waals surface area contributed by atoms with Crippen LogP contribution in [-0.2, 0) is 16.3 Å². The number of anilines is 1. The Labute approximate surface area is 154 Å². The molecular weight excluding hydrogens is 348 g/mol. The van der Waals surface area contributed by atoms with E-state index in [1.165, 1.54) is 6.07 Å². The van der Waals surface area contributed by atoms with Gasteiger partial charge in [0, 0.05) is 5.69 Å². The number of fused-ring (bicyclic) bond motifs is 1. The Morgan fingerprint density at radius 2 is 2.00 bits per heavy atom. The van der Waals surface area contributed by atoms with Gasteiger partial charge in [-0.3, -0.25) is 4.79 Å². The van der Waals surface area contributed by atoms with Crippen LogP contribution in [0.15, 0.2) is 47.4 Å². The van der Waals surface area contributed by atoms with Crippen LogP contribution in [0.25, 0.3) is 0 Å². The maximum absolute atomic E-state index is 12.9. The van der Waals surface area contributed by atoms with Gasteiger partial charge in [0.25, 0.3) is 5.91 Å². The number of carbonyl (C=O) groups is 1. The molecule has 0 fully saturated rings. The molecule has 0 bridgehead atoms. The van der Waals surface area contributed by atoms with Crippen molar-refractivity contribution in [2.45, 2.75) is 43.5 Å². The lowest BCUT2D eigenvalue weighted by Gasteiger charge is -2.27. The molecule has 0 heterocycles. The van der Waals surface area contributed by atoms with E-state index in [-0.39, 0.29) is 28.2 Å². The zero-order valence-electron chi connectivity index (χ0n) is 14.9. The summed E-state index contributed by atoms with van der Waals surface area (Å²) in [7, 11) is -3.47. The summed E-state index contributed by atoms with van der Waals surface area (Å²) in [6.07, 6.45) is 3.23. The van der Waals surface area contributed by atoms with E-state index in [0.29, 0.717) is 12.1 Å². The van der Waals surface area contributed by atoms with Crippen molar-refractivity contribution in [3.63, 3.8) is 0 Å². The van der Waals surface area contributed by atoms with Gasteiger partial charge >= 0.3 is 0 Å². The molecule has 1 unspecified atom stereocenters. The van der Waals surface area contributed by atoms with Gasteiger partial charge in [-0.05, 0) is 61.1 Å². The van der Waals surface area contributed by atoms with Crippen LogP contribution in [0, 0.1) is 0 Å². The van der Waals surface area contributed by atoms with Crippen molar-refractivity contribution in [3.05, 3.63) is 59.2 Å². The molecule has 0 radical (unpaired) electrons. The zero-order valence-corrected chi connectivity index (χ0v) is 15.7. The van der Waals surface area contributed by atoms with Crippen molar-refractivity contribution >= 4 is 21.4 Å². The molecule has 6 heteroatoms. The summed E-state index contributed by atoms with van der Waals surface area (Å²) in [6, 6.07) is 12.0. The SMILES string of the molecule is CCCS(=O)(=O)c1ccccc1C(=O)NC1CCCc2cc(N)ccc21. The first kappa shape index (κ1) is 18.5. The average molecular weight is 372 g/mol. The molecule has 0 saturated carbocycles. The van der Waals surface area contributed by atoms with E-state index in [2.05, 4.69) is 5.32 Å². The van der Waals surface area contributed by atoms with Crippen LogP contribution in [0.4, 0.5) is 5.69 Å². The number of amides is 1. The smallest absolute Gasteiger partial charge is 0.253 e. The number of nitrogens with two attached hydrogens (primary N) is 1. The molecule has 3 rings (SSSR count). The number of benzene rings is 2. The molecule has 3 N–H and O–H groups in total. The highest BCUT2D eigenvalue weighted by atomic mass is 32.2. The summed E-state index contributed by atoms with van der Waals surface area (Å²) in [6.45, 7) is 1.81. The molecule has 0 spiro atoms. The fraction of sp³-hybridized carbons (Fsp3) is 0.350. The molecule has 1 aliphatic rings. The first-order valence-corrected chi connectivity index (χ1v) is 10.6. The second-order valence-electron chi connectivity index (χ2n) is 6.69. The molecule has 1 aliphatic carbocycles. The van der Waals surface area contributed by atoms with Gasteiger partial charge in [0.1, 0.15) is 0 Å². The lowest BCUT2D eigenvalue weighted by molar-refractivity contribution is 0.0929. The molecule has 1 amide bonds. The molecule has 0 saturated heterocycles. The monoisotopic (exact) mass is 372 g/mol. The van der Waals surface area contributed by atoms with E-state index >= 15 is 0 Å². The van der Waals surface area contributed by atoms with Gasteiger partial charge in [-0.15, -0.1) is 0 Å². The maximum atomic E-state index is 12.9. The normalized spacial score (nSPS) is 16.7. The van der Waals surface area contributed by atoms with Gasteiger partial charge in [0.05, 0.1) is 22.3 Å². The van der Waals surface area contributed by atoms with Crippen LogP contribution in [0.5, 0.6) is 0 Å². The lowest BCUT2D eigenvalue weighted by Crippen LogP contribution is -2.32. The summed E-state index contributed by atoms with van der Waals surface area (Å²) in [5.41, 5.74) is 9.00. The van der Waals surface area contributed by atoms with Crippen LogP contribution in [0.3, 0.4) is 0 Å². The Bertz CT molecular complexity index is 922. The predicted octanol–water partition coefficient (Wildman–Crippen LogP) is 3.26. The second kappa shape index (κ2) is 7.50. The first-order valence-electron chi connectivity index (χ1n) is 8.93. The molecule has 2 aromatic rings. The summed E-state index contributed by atoms with van der Waals surface area (Å²) in [4.78, 5) is 13.0. The topological polar surface area (TPSA) is 89.3 Å². The van der Waals surface area contributed by atoms with Crippen LogP contribution >= 0.6 is 0 Å². The van der Waals surface area contributed by atoms with Crippen molar-refractivity contribution in [1.29, 1.82) is 0 Å². The third kappa shape index (κ3) is 3.75. The number of nitrogens with one attached hydrogen (secondary N) is 1. The average Bonchev–Trinajstić information content (AvgIpc) is 2.61. The van der Waals surface area contributed by atoms with Crippen molar-refractivity contribution in [2.75, 3.05) is 11.5 Å². The number of hydrogen-bond donors (Lipinski definition) is 2. The fourth-order valence-electron chi connectivity index (χ4n) is 3.52. The number of sulfone groups is 1. The molecular formula is C20H24N2O3S. The third-order valence-electron chi connectivity index (χ3n) is 4.73. The lowest BCUT2D eigenvalue weighted by atomic mass is 9.87. The maximum Gasteiger partial charge on any atom is 0.253 e. The van der Waals surface area contributed by atoms with Crippen LogP contribution in [0.1, 0.15) is 53.7 Å². The summed E-state index contributed by atoms with van der Waals surface area (Å²) in [5.74, 6) is -0.321. The third-order valence-corrected chi connectivity index (χ3v) is 6.70. The standard InChI is InChI=1S/C20H24N2O3S/c1-2-12-26(24,25)19-9-4-3-7-17(19)20(23)22-18-8-5-6-14-13-15(21)10-11-16(14)18/h3-4,7,9-11,13,18H,2,5-6,8,12,21H2,1H3,(H,22,23). The Balaban J connectivity index is 1.89. The van der Waals surface area contributed by atoms with Gasteiger partial charge in [0.15, 0.2) is 9.84 Å².